The first-order valence-electron chi connectivity index (χ1n) is 8.23. The van der Waals surface area contributed by atoms with Crippen molar-refractivity contribution in [3.8, 4) is 0 Å². The zero-order valence-electron chi connectivity index (χ0n) is 14.1. The minimum absolute atomic E-state index is 0.0182. The van der Waals surface area contributed by atoms with E-state index in [0.717, 1.165) is 5.01 Å². The highest BCUT2D eigenvalue weighted by molar-refractivity contribution is 5.98. The van der Waals surface area contributed by atoms with E-state index < -0.39 is 11.7 Å². The van der Waals surface area contributed by atoms with Crippen molar-refractivity contribution < 1.29 is 13.9 Å². The number of carbonyl (C=O) groups is 1. The van der Waals surface area contributed by atoms with E-state index in [4.69, 9.17) is 4.74 Å². The van der Waals surface area contributed by atoms with Crippen LogP contribution in [0.2, 0.25) is 0 Å². The Balaban J connectivity index is 1.58. The van der Waals surface area contributed by atoms with E-state index in [1.165, 1.54) is 16.8 Å². The number of ether oxygens (including phenoxy) is 1. The van der Waals surface area contributed by atoms with Crippen LogP contribution in [0, 0.1) is 5.82 Å². The molecule has 0 saturated carbocycles. The first-order chi connectivity index (χ1) is 13.1. The summed E-state index contributed by atoms with van der Waals surface area (Å²) < 4.78 is 20.3. The van der Waals surface area contributed by atoms with Crippen LogP contribution in [0.15, 0.2) is 58.4 Å². The summed E-state index contributed by atoms with van der Waals surface area (Å²) in [6.45, 7) is -0.0883. The van der Waals surface area contributed by atoms with Crippen molar-refractivity contribution in [3.63, 3.8) is 0 Å². The van der Waals surface area contributed by atoms with Crippen molar-refractivity contribution >= 4 is 22.7 Å². The SMILES string of the molecule is O=C1COC(c2ccccc2F)=NN1CCn1nnc2ccccc2c1=O. The van der Waals surface area contributed by atoms with Crippen LogP contribution < -0.4 is 5.56 Å². The van der Waals surface area contributed by atoms with Crippen LogP contribution in [0.5, 0.6) is 0 Å². The molecule has 0 N–H and O–H groups in total. The highest BCUT2D eigenvalue weighted by Gasteiger charge is 2.24. The van der Waals surface area contributed by atoms with Crippen LogP contribution in [0.3, 0.4) is 0 Å². The monoisotopic (exact) mass is 367 g/mol. The molecule has 0 aliphatic carbocycles. The molecule has 0 atom stereocenters. The minimum atomic E-state index is -0.498. The third kappa shape index (κ3) is 3.26. The van der Waals surface area contributed by atoms with Crippen molar-refractivity contribution in [2.45, 2.75) is 6.54 Å². The molecule has 1 aromatic heterocycles. The first-order valence-corrected chi connectivity index (χ1v) is 8.23. The van der Waals surface area contributed by atoms with Gasteiger partial charge in [0, 0.05) is 0 Å². The predicted molar refractivity (Wildman–Crippen MR) is 94.4 cm³/mol. The van der Waals surface area contributed by atoms with E-state index >= 15 is 0 Å². The Morgan fingerprint density at radius 1 is 1.04 bits per heavy atom. The van der Waals surface area contributed by atoms with Gasteiger partial charge in [-0.05, 0) is 24.3 Å². The van der Waals surface area contributed by atoms with Crippen LogP contribution in [-0.4, -0.2) is 45.0 Å². The third-order valence-electron chi connectivity index (χ3n) is 4.09. The van der Waals surface area contributed by atoms with Crippen LogP contribution in [-0.2, 0) is 16.1 Å². The Hall–Kier alpha value is -3.62. The summed E-state index contributed by atoms with van der Waals surface area (Å²) in [6.07, 6.45) is 0. The lowest BCUT2D eigenvalue weighted by atomic mass is 10.2. The van der Waals surface area contributed by atoms with Gasteiger partial charge in [0.05, 0.1) is 24.0 Å². The highest BCUT2D eigenvalue weighted by atomic mass is 19.1. The second kappa shape index (κ2) is 6.94. The number of aromatic nitrogens is 3. The third-order valence-corrected chi connectivity index (χ3v) is 4.09. The lowest BCUT2D eigenvalue weighted by Crippen LogP contribution is -2.40. The molecular formula is C18H14FN5O3. The van der Waals surface area contributed by atoms with Crippen LogP contribution >= 0.6 is 0 Å². The fraction of sp³-hybridized carbons (Fsp3) is 0.167. The number of nitrogens with zero attached hydrogens (tertiary/aromatic N) is 5. The minimum Gasteiger partial charge on any atom is -0.466 e. The first kappa shape index (κ1) is 16.8. The van der Waals surface area contributed by atoms with Gasteiger partial charge < -0.3 is 4.74 Å². The molecular weight excluding hydrogens is 353 g/mol. The molecule has 4 rings (SSSR count). The van der Waals surface area contributed by atoms with Crippen molar-refractivity contribution in [1.29, 1.82) is 0 Å². The molecule has 0 unspecified atom stereocenters. The maximum atomic E-state index is 13.9. The van der Waals surface area contributed by atoms with Crippen LogP contribution in [0.25, 0.3) is 10.9 Å². The van der Waals surface area contributed by atoms with Gasteiger partial charge in [-0.2, -0.15) is 0 Å². The molecule has 0 bridgehead atoms. The fourth-order valence-corrected chi connectivity index (χ4v) is 2.70. The molecule has 1 aliphatic rings. The molecule has 0 spiro atoms. The Morgan fingerprint density at radius 3 is 2.67 bits per heavy atom. The van der Waals surface area contributed by atoms with Gasteiger partial charge in [0.1, 0.15) is 11.3 Å². The maximum absolute atomic E-state index is 13.9. The lowest BCUT2D eigenvalue weighted by molar-refractivity contribution is -0.135. The van der Waals surface area contributed by atoms with Gasteiger partial charge in [0.15, 0.2) is 6.61 Å². The standard InChI is InChI=1S/C18H14FN5O3/c19-14-7-3-1-5-12(14)17-21-23(16(25)11-27-17)9-10-24-18(26)13-6-2-4-8-15(13)20-22-24/h1-8H,9-11H2. The highest BCUT2D eigenvalue weighted by Crippen LogP contribution is 2.13. The number of hydrogen-bond donors (Lipinski definition) is 0. The average molecular weight is 367 g/mol. The van der Waals surface area contributed by atoms with Crippen molar-refractivity contribution in [2.75, 3.05) is 13.2 Å². The molecule has 2 heterocycles. The fourth-order valence-electron chi connectivity index (χ4n) is 2.70. The quantitative estimate of drug-likeness (QED) is 0.690. The largest absolute Gasteiger partial charge is 0.466 e. The second-order valence-corrected chi connectivity index (χ2v) is 5.83. The zero-order valence-corrected chi connectivity index (χ0v) is 14.1. The number of amides is 1. The van der Waals surface area contributed by atoms with Gasteiger partial charge >= 0.3 is 0 Å². The van der Waals surface area contributed by atoms with Crippen LogP contribution in [0.1, 0.15) is 5.56 Å². The summed E-state index contributed by atoms with van der Waals surface area (Å²) in [6, 6.07) is 12.9. The number of fused-ring (bicyclic) bond motifs is 1. The van der Waals surface area contributed by atoms with E-state index in [2.05, 4.69) is 15.4 Å². The molecule has 27 heavy (non-hydrogen) atoms. The summed E-state index contributed by atoms with van der Waals surface area (Å²) in [4.78, 5) is 24.5. The Kier molecular flexibility index (Phi) is 4.33. The molecule has 0 fully saturated rings. The summed E-state index contributed by atoms with van der Waals surface area (Å²) in [5.41, 5.74) is 0.360. The Bertz CT molecular complexity index is 1110. The lowest BCUT2D eigenvalue weighted by Gasteiger charge is -2.24. The molecule has 136 valence electrons. The van der Waals surface area contributed by atoms with Crippen LogP contribution in [0.4, 0.5) is 4.39 Å². The molecule has 3 aromatic rings. The van der Waals surface area contributed by atoms with Crippen molar-refractivity contribution in [2.24, 2.45) is 5.10 Å². The maximum Gasteiger partial charge on any atom is 0.280 e. The van der Waals surface area contributed by atoms with Gasteiger partial charge in [-0.25, -0.2) is 14.1 Å². The Labute approximate surface area is 152 Å². The van der Waals surface area contributed by atoms with Gasteiger partial charge in [-0.15, -0.1) is 10.2 Å². The summed E-state index contributed by atoms with van der Waals surface area (Å²) >= 11 is 0. The van der Waals surface area contributed by atoms with E-state index in [0.29, 0.717) is 10.9 Å². The van der Waals surface area contributed by atoms with E-state index in [1.54, 1.807) is 36.4 Å². The predicted octanol–water partition coefficient (Wildman–Crippen LogP) is 1.15. The molecule has 0 saturated heterocycles. The molecule has 0 radical (unpaired) electrons. The summed E-state index contributed by atoms with van der Waals surface area (Å²) in [5.74, 6) is -0.872. The number of rotatable bonds is 4. The zero-order chi connectivity index (χ0) is 18.8. The molecule has 9 heteroatoms. The van der Waals surface area contributed by atoms with E-state index in [1.807, 2.05) is 0 Å². The number of carbonyl (C=O) groups excluding carboxylic acids is 1. The number of hydrazone groups is 1. The number of halogens is 1. The summed E-state index contributed by atoms with van der Waals surface area (Å²) in [5, 5.41) is 13.5. The topological polar surface area (TPSA) is 89.7 Å². The van der Waals surface area contributed by atoms with Crippen molar-refractivity contribution in [1.82, 2.24) is 20.0 Å². The molecule has 8 nitrogen and oxygen atoms in total. The summed E-state index contributed by atoms with van der Waals surface area (Å²) in [7, 11) is 0. The van der Waals surface area contributed by atoms with Gasteiger partial charge in [0.2, 0.25) is 5.90 Å². The van der Waals surface area contributed by atoms with Gasteiger partial charge in [0.25, 0.3) is 11.5 Å². The molecule has 1 amide bonds. The van der Waals surface area contributed by atoms with E-state index in [9.17, 15) is 14.0 Å². The van der Waals surface area contributed by atoms with Crippen molar-refractivity contribution in [3.05, 3.63) is 70.3 Å². The normalized spacial score (nSPS) is 14.2. The van der Waals surface area contributed by atoms with Gasteiger partial charge in [-0.1, -0.05) is 29.5 Å². The average Bonchev–Trinajstić information content (AvgIpc) is 2.69. The Morgan fingerprint density at radius 2 is 1.81 bits per heavy atom. The van der Waals surface area contributed by atoms with Gasteiger partial charge in [-0.3, -0.25) is 9.59 Å². The molecule has 1 aliphatic heterocycles. The van der Waals surface area contributed by atoms with E-state index in [-0.39, 0.29) is 36.7 Å². The smallest absolute Gasteiger partial charge is 0.280 e. The number of benzene rings is 2. The number of hydrogen-bond acceptors (Lipinski definition) is 6. The second-order valence-electron chi connectivity index (χ2n) is 5.83. The molecule has 2 aromatic carbocycles.